The van der Waals surface area contributed by atoms with Crippen molar-refractivity contribution in [2.75, 3.05) is 5.73 Å². The molecule has 0 bridgehead atoms. The van der Waals surface area contributed by atoms with Crippen LogP contribution in [0.4, 0.5) is 5.69 Å². The molecular formula is C15H23N5O. The van der Waals surface area contributed by atoms with E-state index in [1.807, 2.05) is 18.5 Å². The topological polar surface area (TPSA) is 85.8 Å². The van der Waals surface area contributed by atoms with E-state index in [9.17, 15) is 4.79 Å². The molecular weight excluding hydrogens is 266 g/mol. The van der Waals surface area contributed by atoms with Crippen LogP contribution in [0.2, 0.25) is 0 Å². The van der Waals surface area contributed by atoms with Crippen molar-refractivity contribution in [1.29, 1.82) is 0 Å². The first-order chi connectivity index (χ1) is 10.0. The van der Waals surface area contributed by atoms with E-state index in [2.05, 4.69) is 22.3 Å². The van der Waals surface area contributed by atoms with Crippen LogP contribution < -0.4 is 11.1 Å². The van der Waals surface area contributed by atoms with Gasteiger partial charge in [0.1, 0.15) is 0 Å². The van der Waals surface area contributed by atoms with Gasteiger partial charge in [-0.25, -0.2) is 9.67 Å². The molecule has 21 heavy (non-hydrogen) atoms. The second kappa shape index (κ2) is 6.56. The van der Waals surface area contributed by atoms with Gasteiger partial charge in [-0.2, -0.15) is 5.10 Å². The number of aromatic nitrogens is 3. The van der Waals surface area contributed by atoms with E-state index in [4.69, 9.17) is 5.73 Å². The van der Waals surface area contributed by atoms with Crippen molar-refractivity contribution in [3.05, 3.63) is 18.0 Å². The first-order valence-corrected chi connectivity index (χ1v) is 7.45. The van der Waals surface area contributed by atoms with Gasteiger partial charge in [0.05, 0.1) is 22.8 Å². The van der Waals surface area contributed by atoms with Crippen LogP contribution in [0.1, 0.15) is 50.4 Å². The number of carbonyl (C=O) groups is 1. The van der Waals surface area contributed by atoms with Crippen LogP contribution in [-0.4, -0.2) is 26.7 Å². The minimum atomic E-state index is -0.198. The van der Waals surface area contributed by atoms with Gasteiger partial charge in [0.25, 0.3) is 5.91 Å². The molecule has 0 fully saturated rings. The van der Waals surface area contributed by atoms with Crippen molar-refractivity contribution in [3.8, 4) is 0 Å². The Kier molecular flexibility index (Phi) is 4.77. The second-order valence-corrected chi connectivity index (χ2v) is 5.53. The largest absolute Gasteiger partial charge is 0.397 e. The molecule has 3 N–H and O–H groups in total. The third kappa shape index (κ3) is 3.32. The van der Waals surface area contributed by atoms with Gasteiger partial charge >= 0.3 is 0 Å². The number of hydrogen-bond donors (Lipinski definition) is 2. The molecule has 0 radical (unpaired) electrons. The Morgan fingerprint density at radius 3 is 2.81 bits per heavy atom. The third-order valence-corrected chi connectivity index (χ3v) is 3.35. The average Bonchev–Trinajstić information content (AvgIpc) is 2.83. The number of unbranched alkanes of at least 4 members (excludes halogenated alkanes) is 2. The highest BCUT2D eigenvalue weighted by Crippen LogP contribution is 2.23. The molecule has 1 amide bonds. The fourth-order valence-corrected chi connectivity index (χ4v) is 2.24. The molecule has 0 aliphatic heterocycles. The maximum atomic E-state index is 12.1. The molecule has 0 aromatic carbocycles. The molecule has 6 heteroatoms. The molecule has 0 spiro atoms. The van der Waals surface area contributed by atoms with Gasteiger partial charge in [0.2, 0.25) is 0 Å². The predicted molar refractivity (Wildman–Crippen MR) is 84.1 cm³/mol. The SMILES string of the molecule is CCCCCn1ncc2c(N)c(C(=O)NC(C)C)cnc21. The highest BCUT2D eigenvalue weighted by Gasteiger charge is 2.16. The number of nitrogens with zero attached hydrogens (tertiary/aromatic N) is 3. The Morgan fingerprint density at radius 1 is 1.38 bits per heavy atom. The van der Waals surface area contributed by atoms with Crippen LogP contribution in [0.25, 0.3) is 11.0 Å². The summed E-state index contributed by atoms with van der Waals surface area (Å²) in [5.41, 5.74) is 7.70. The Bertz CT molecular complexity index is 632. The Labute approximate surface area is 124 Å². The molecule has 2 heterocycles. The van der Waals surface area contributed by atoms with Crippen LogP contribution in [0, 0.1) is 0 Å². The maximum Gasteiger partial charge on any atom is 0.255 e. The summed E-state index contributed by atoms with van der Waals surface area (Å²) in [6.07, 6.45) is 6.60. The summed E-state index contributed by atoms with van der Waals surface area (Å²) >= 11 is 0. The van der Waals surface area contributed by atoms with E-state index in [0.717, 1.165) is 36.8 Å². The number of fused-ring (bicyclic) bond motifs is 1. The molecule has 0 saturated heterocycles. The molecule has 2 aromatic rings. The molecule has 0 saturated carbocycles. The molecule has 0 aliphatic carbocycles. The predicted octanol–water partition coefficient (Wildman–Crippen LogP) is 2.34. The molecule has 6 nitrogen and oxygen atoms in total. The molecule has 0 atom stereocenters. The number of hydrogen-bond acceptors (Lipinski definition) is 4. The van der Waals surface area contributed by atoms with Gasteiger partial charge in [-0.1, -0.05) is 19.8 Å². The first-order valence-electron chi connectivity index (χ1n) is 7.45. The van der Waals surface area contributed by atoms with Crippen molar-refractivity contribution in [2.45, 2.75) is 52.6 Å². The molecule has 2 aromatic heterocycles. The van der Waals surface area contributed by atoms with E-state index in [1.54, 1.807) is 6.20 Å². The van der Waals surface area contributed by atoms with E-state index in [-0.39, 0.29) is 11.9 Å². The number of anilines is 1. The number of pyridine rings is 1. The first kappa shape index (κ1) is 15.3. The van der Waals surface area contributed by atoms with Crippen LogP contribution in [0.3, 0.4) is 0 Å². The van der Waals surface area contributed by atoms with Crippen LogP contribution >= 0.6 is 0 Å². The lowest BCUT2D eigenvalue weighted by Gasteiger charge is -2.10. The van der Waals surface area contributed by atoms with E-state index < -0.39 is 0 Å². The maximum absolute atomic E-state index is 12.1. The van der Waals surface area contributed by atoms with Gasteiger partial charge < -0.3 is 11.1 Å². The normalized spacial score (nSPS) is 11.2. The lowest BCUT2D eigenvalue weighted by molar-refractivity contribution is 0.0944. The fraction of sp³-hybridized carbons (Fsp3) is 0.533. The van der Waals surface area contributed by atoms with Gasteiger partial charge in [-0.05, 0) is 20.3 Å². The standard InChI is InChI=1S/C15H23N5O/c1-4-5-6-7-20-14-11(9-18-20)13(16)12(8-17-14)15(21)19-10(2)3/h8-10H,4-7H2,1-3H3,(H2,16,17)(H,19,21). The zero-order chi connectivity index (χ0) is 15.4. The smallest absolute Gasteiger partial charge is 0.255 e. The summed E-state index contributed by atoms with van der Waals surface area (Å²) in [4.78, 5) is 16.4. The molecule has 0 aliphatic rings. The minimum absolute atomic E-state index is 0.0596. The molecule has 114 valence electrons. The highest BCUT2D eigenvalue weighted by molar-refractivity contribution is 6.05. The Balaban J connectivity index is 2.29. The van der Waals surface area contributed by atoms with Crippen molar-refractivity contribution >= 4 is 22.6 Å². The lowest BCUT2D eigenvalue weighted by Crippen LogP contribution is -2.30. The number of carbonyl (C=O) groups excluding carboxylic acids is 1. The number of amides is 1. The van der Waals surface area contributed by atoms with Gasteiger partial charge in [0.15, 0.2) is 5.65 Å². The quantitative estimate of drug-likeness (QED) is 0.799. The number of rotatable bonds is 6. The number of nitrogens with one attached hydrogen (secondary N) is 1. The molecule has 0 unspecified atom stereocenters. The van der Waals surface area contributed by atoms with Crippen molar-refractivity contribution in [2.24, 2.45) is 0 Å². The summed E-state index contributed by atoms with van der Waals surface area (Å²) in [6.45, 7) is 6.80. The van der Waals surface area contributed by atoms with Gasteiger partial charge in [-0.15, -0.1) is 0 Å². The number of aryl methyl sites for hydroxylation is 1. The van der Waals surface area contributed by atoms with Crippen LogP contribution in [-0.2, 0) is 6.54 Å². The van der Waals surface area contributed by atoms with Gasteiger partial charge in [0, 0.05) is 18.8 Å². The van der Waals surface area contributed by atoms with E-state index in [1.165, 1.54) is 6.20 Å². The average molecular weight is 289 g/mol. The van der Waals surface area contributed by atoms with E-state index in [0.29, 0.717) is 11.3 Å². The number of nitrogen functional groups attached to an aromatic ring is 1. The monoisotopic (exact) mass is 289 g/mol. The van der Waals surface area contributed by atoms with Crippen molar-refractivity contribution < 1.29 is 4.79 Å². The highest BCUT2D eigenvalue weighted by atomic mass is 16.1. The summed E-state index contributed by atoms with van der Waals surface area (Å²) in [5, 5.41) is 7.90. The molecule has 2 rings (SSSR count). The Hall–Kier alpha value is -2.11. The van der Waals surface area contributed by atoms with Crippen LogP contribution in [0.15, 0.2) is 12.4 Å². The van der Waals surface area contributed by atoms with Crippen LogP contribution in [0.5, 0.6) is 0 Å². The Morgan fingerprint density at radius 2 is 2.14 bits per heavy atom. The second-order valence-electron chi connectivity index (χ2n) is 5.53. The summed E-state index contributed by atoms with van der Waals surface area (Å²) in [5.74, 6) is -0.198. The third-order valence-electron chi connectivity index (χ3n) is 3.35. The number of nitrogens with two attached hydrogens (primary N) is 1. The zero-order valence-electron chi connectivity index (χ0n) is 12.9. The summed E-state index contributed by atoms with van der Waals surface area (Å²) in [7, 11) is 0. The zero-order valence-corrected chi connectivity index (χ0v) is 12.9. The fourth-order valence-electron chi connectivity index (χ4n) is 2.24. The summed E-state index contributed by atoms with van der Waals surface area (Å²) in [6, 6.07) is 0.0596. The minimum Gasteiger partial charge on any atom is -0.397 e. The van der Waals surface area contributed by atoms with Crippen molar-refractivity contribution in [1.82, 2.24) is 20.1 Å². The van der Waals surface area contributed by atoms with Crippen molar-refractivity contribution in [3.63, 3.8) is 0 Å². The van der Waals surface area contributed by atoms with Gasteiger partial charge in [-0.3, -0.25) is 4.79 Å². The van der Waals surface area contributed by atoms with E-state index >= 15 is 0 Å². The lowest BCUT2D eigenvalue weighted by atomic mass is 10.1. The summed E-state index contributed by atoms with van der Waals surface area (Å²) < 4.78 is 1.85.